The summed E-state index contributed by atoms with van der Waals surface area (Å²) >= 11 is 7.68. The van der Waals surface area contributed by atoms with Crippen LogP contribution in [0.25, 0.3) is 0 Å². The molecular formula is C16H14ClN3S. The Morgan fingerprint density at radius 2 is 1.67 bits per heavy atom. The van der Waals surface area contributed by atoms with Crippen molar-refractivity contribution in [3.8, 4) is 0 Å². The number of hydrogen-bond acceptors (Lipinski definition) is 3. The van der Waals surface area contributed by atoms with Gasteiger partial charge in [-0.1, -0.05) is 65.8 Å². The van der Waals surface area contributed by atoms with Gasteiger partial charge in [0, 0.05) is 12.1 Å². The van der Waals surface area contributed by atoms with Gasteiger partial charge in [0.1, 0.15) is 6.33 Å². The van der Waals surface area contributed by atoms with Gasteiger partial charge in [-0.15, -0.1) is 10.2 Å². The molecule has 1 aromatic heterocycles. The third-order valence-electron chi connectivity index (χ3n) is 3.17. The van der Waals surface area contributed by atoms with Crippen LogP contribution in [-0.2, 0) is 7.05 Å². The highest BCUT2D eigenvalue weighted by Crippen LogP contribution is 2.39. The fraction of sp³-hybridized carbons (Fsp3) is 0.125. The van der Waals surface area contributed by atoms with Crippen LogP contribution in [0, 0.1) is 0 Å². The van der Waals surface area contributed by atoms with Crippen molar-refractivity contribution in [2.45, 2.75) is 10.4 Å². The highest BCUT2D eigenvalue weighted by atomic mass is 35.5. The summed E-state index contributed by atoms with van der Waals surface area (Å²) in [7, 11) is 1.95. The molecule has 21 heavy (non-hydrogen) atoms. The fourth-order valence-electron chi connectivity index (χ4n) is 2.08. The molecule has 0 spiro atoms. The van der Waals surface area contributed by atoms with Crippen molar-refractivity contribution >= 4 is 23.4 Å². The SMILES string of the molecule is Cn1cnnc1SC(c1ccccc1)c1ccc(Cl)cc1. The van der Waals surface area contributed by atoms with Gasteiger partial charge in [0.25, 0.3) is 0 Å². The molecule has 0 aliphatic rings. The first-order valence-electron chi connectivity index (χ1n) is 6.55. The van der Waals surface area contributed by atoms with Crippen molar-refractivity contribution in [2.24, 2.45) is 7.05 Å². The molecule has 0 fully saturated rings. The predicted octanol–water partition coefficient (Wildman–Crippen LogP) is 4.35. The van der Waals surface area contributed by atoms with Gasteiger partial charge in [0.2, 0.25) is 0 Å². The lowest BCUT2D eigenvalue weighted by molar-refractivity contribution is 0.786. The quantitative estimate of drug-likeness (QED) is 0.671. The number of nitrogens with zero attached hydrogens (tertiary/aromatic N) is 3. The lowest BCUT2D eigenvalue weighted by Gasteiger charge is -2.17. The molecule has 1 atom stereocenters. The molecule has 1 unspecified atom stereocenters. The van der Waals surface area contributed by atoms with Crippen molar-refractivity contribution in [1.29, 1.82) is 0 Å². The van der Waals surface area contributed by atoms with Crippen molar-refractivity contribution < 1.29 is 0 Å². The maximum atomic E-state index is 6.00. The molecular weight excluding hydrogens is 302 g/mol. The second-order valence-electron chi connectivity index (χ2n) is 4.68. The lowest BCUT2D eigenvalue weighted by Crippen LogP contribution is -1.99. The molecule has 0 bridgehead atoms. The van der Waals surface area contributed by atoms with E-state index in [9.17, 15) is 0 Å². The van der Waals surface area contributed by atoms with Gasteiger partial charge < -0.3 is 4.57 Å². The molecule has 0 N–H and O–H groups in total. The number of hydrogen-bond donors (Lipinski definition) is 0. The number of aromatic nitrogens is 3. The van der Waals surface area contributed by atoms with Crippen LogP contribution in [0.1, 0.15) is 16.4 Å². The highest BCUT2D eigenvalue weighted by molar-refractivity contribution is 7.99. The number of aryl methyl sites for hydroxylation is 1. The lowest BCUT2D eigenvalue weighted by atomic mass is 10.0. The molecule has 0 saturated carbocycles. The first-order chi connectivity index (χ1) is 10.2. The van der Waals surface area contributed by atoms with Gasteiger partial charge in [-0.3, -0.25) is 0 Å². The van der Waals surface area contributed by atoms with Crippen LogP contribution in [0.5, 0.6) is 0 Å². The molecule has 106 valence electrons. The van der Waals surface area contributed by atoms with Crippen LogP contribution in [0.3, 0.4) is 0 Å². The van der Waals surface area contributed by atoms with Crippen LogP contribution >= 0.6 is 23.4 Å². The summed E-state index contributed by atoms with van der Waals surface area (Å²) in [6.45, 7) is 0. The van der Waals surface area contributed by atoms with E-state index in [1.807, 2.05) is 29.8 Å². The van der Waals surface area contributed by atoms with Crippen LogP contribution in [-0.4, -0.2) is 14.8 Å². The zero-order chi connectivity index (χ0) is 14.7. The van der Waals surface area contributed by atoms with E-state index in [-0.39, 0.29) is 5.25 Å². The maximum Gasteiger partial charge on any atom is 0.191 e. The topological polar surface area (TPSA) is 30.7 Å². The summed E-state index contributed by atoms with van der Waals surface area (Å²) in [5.74, 6) is 0. The number of thioether (sulfide) groups is 1. The second-order valence-corrected chi connectivity index (χ2v) is 6.19. The zero-order valence-corrected chi connectivity index (χ0v) is 13.1. The Balaban J connectivity index is 1.99. The van der Waals surface area contributed by atoms with E-state index < -0.39 is 0 Å². The monoisotopic (exact) mass is 315 g/mol. The average Bonchev–Trinajstić information content (AvgIpc) is 2.92. The number of benzene rings is 2. The first kappa shape index (κ1) is 14.2. The number of rotatable bonds is 4. The van der Waals surface area contributed by atoms with Gasteiger partial charge >= 0.3 is 0 Å². The molecule has 3 aromatic rings. The molecule has 2 aromatic carbocycles. The molecule has 0 saturated heterocycles. The fourth-order valence-corrected chi connectivity index (χ4v) is 3.31. The molecule has 1 heterocycles. The standard InChI is InChI=1S/C16H14ClN3S/c1-20-11-18-19-16(20)21-15(12-5-3-2-4-6-12)13-7-9-14(17)10-8-13/h2-11,15H,1H3. The van der Waals surface area contributed by atoms with E-state index in [1.54, 1.807) is 18.1 Å². The normalized spacial score (nSPS) is 12.3. The molecule has 3 nitrogen and oxygen atoms in total. The van der Waals surface area contributed by atoms with Crippen molar-refractivity contribution in [2.75, 3.05) is 0 Å². The van der Waals surface area contributed by atoms with Gasteiger partial charge in [-0.05, 0) is 23.3 Å². The molecule has 0 amide bonds. The average molecular weight is 316 g/mol. The van der Waals surface area contributed by atoms with E-state index in [0.29, 0.717) is 0 Å². The summed E-state index contributed by atoms with van der Waals surface area (Å²) in [6.07, 6.45) is 1.71. The van der Waals surface area contributed by atoms with Crippen LogP contribution in [0.2, 0.25) is 5.02 Å². The van der Waals surface area contributed by atoms with Gasteiger partial charge in [0.15, 0.2) is 5.16 Å². The Hall–Kier alpha value is -1.78. The summed E-state index contributed by atoms with van der Waals surface area (Å²) < 4.78 is 1.93. The minimum atomic E-state index is 0.159. The van der Waals surface area contributed by atoms with E-state index in [4.69, 9.17) is 11.6 Å². The van der Waals surface area contributed by atoms with Gasteiger partial charge in [0.05, 0.1) is 5.25 Å². The van der Waals surface area contributed by atoms with Gasteiger partial charge in [-0.25, -0.2) is 0 Å². The molecule has 0 aliphatic carbocycles. The van der Waals surface area contributed by atoms with Gasteiger partial charge in [-0.2, -0.15) is 0 Å². The van der Waals surface area contributed by atoms with E-state index >= 15 is 0 Å². The van der Waals surface area contributed by atoms with Crippen LogP contribution in [0.15, 0.2) is 66.1 Å². The summed E-state index contributed by atoms with van der Waals surface area (Å²) in [4.78, 5) is 0. The molecule has 5 heteroatoms. The van der Waals surface area contributed by atoms with E-state index in [2.05, 4.69) is 46.6 Å². The Kier molecular flexibility index (Phi) is 4.27. The van der Waals surface area contributed by atoms with E-state index in [0.717, 1.165) is 10.2 Å². The zero-order valence-electron chi connectivity index (χ0n) is 11.5. The van der Waals surface area contributed by atoms with E-state index in [1.165, 1.54) is 11.1 Å². The summed E-state index contributed by atoms with van der Waals surface area (Å²) in [6, 6.07) is 18.3. The maximum absolute atomic E-state index is 6.00. The third-order valence-corrected chi connectivity index (χ3v) is 4.78. The Bertz CT molecular complexity index is 710. The summed E-state index contributed by atoms with van der Waals surface area (Å²) in [5.41, 5.74) is 2.42. The van der Waals surface area contributed by atoms with Crippen molar-refractivity contribution in [1.82, 2.24) is 14.8 Å². The van der Waals surface area contributed by atoms with Crippen LogP contribution < -0.4 is 0 Å². The smallest absolute Gasteiger partial charge is 0.191 e. The second kappa shape index (κ2) is 6.33. The Morgan fingerprint density at radius 1 is 1.00 bits per heavy atom. The minimum Gasteiger partial charge on any atom is -0.312 e. The predicted molar refractivity (Wildman–Crippen MR) is 86.6 cm³/mol. The summed E-state index contributed by atoms with van der Waals surface area (Å²) in [5, 5.41) is 9.91. The van der Waals surface area contributed by atoms with Crippen molar-refractivity contribution in [3.05, 3.63) is 77.1 Å². The first-order valence-corrected chi connectivity index (χ1v) is 7.81. The molecule has 3 rings (SSSR count). The Morgan fingerprint density at radius 3 is 2.29 bits per heavy atom. The van der Waals surface area contributed by atoms with Crippen LogP contribution in [0.4, 0.5) is 0 Å². The molecule has 0 radical (unpaired) electrons. The number of halogens is 1. The minimum absolute atomic E-state index is 0.159. The Labute approximate surface area is 133 Å². The largest absolute Gasteiger partial charge is 0.312 e. The van der Waals surface area contributed by atoms with Crippen molar-refractivity contribution in [3.63, 3.8) is 0 Å². The highest BCUT2D eigenvalue weighted by Gasteiger charge is 2.18. The molecule has 0 aliphatic heterocycles. The third kappa shape index (κ3) is 3.28.